The topological polar surface area (TPSA) is 84.9 Å². The third-order valence-electron chi connectivity index (χ3n) is 4.16. The van der Waals surface area contributed by atoms with E-state index in [2.05, 4.69) is 5.32 Å². The first-order valence-corrected chi connectivity index (χ1v) is 9.23. The summed E-state index contributed by atoms with van der Waals surface area (Å²) < 4.78 is 38.7. The molecule has 0 bridgehead atoms. The van der Waals surface area contributed by atoms with Crippen LogP contribution in [0.25, 0.3) is 0 Å². The van der Waals surface area contributed by atoms with E-state index in [9.17, 15) is 13.2 Å². The highest BCUT2D eigenvalue weighted by Crippen LogP contribution is 2.38. The average Bonchev–Trinajstić information content (AvgIpc) is 2.61. The number of fused-ring (bicyclic) bond motifs is 2. The van der Waals surface area contributed by atoms with Gasteiger partial charge in [0.05, 0.1) is 22.8 Å². The molecule has 0 spiro atoms. The van der Waals surface area contributed by atoms with Gasteiger partial charge in [-0.1, -0.05) is 12.1 Å². The number of sulfonamides is 1. The number of nitrogens with one attached hydrogen (secondary N) is 1. The van der Waals surface area contributed by atoms with Gasteiger partial charge in [0.15, 0.2) is 6.61 Å². The predicted molar refractivity (Wildman–Crippen MR) is 91.8 cm³/mol. The van der Waals surface area contributed by atoms with Crippen molar-refractivity contribution >= 4 is 27.3 Å². The molecule has 1 N–H and O–H groups in total. The van der Waals surface area contributed by atoms with E-state index in [0.29, 0.717) is 28.4 Å². The molecule has 2 aromatic rings. The number of aryl methyl sites for hydroxylation is 1. The zero-order chi connectivity index (χ0) is 17.6. The van der Waals surface area contributed by atoms with Crippen LogP contribution >= 0.6 is 0 Å². The van der Waals surface area contributed by atoms with Gasteiger partial charge in [0, 0.05) is 0 Å². The number of hydrogen-bond donors (Lipinski definition) is 1. The van der Waals surface area contributed by atoms with Gasteiger partial charge in [-0.25, -0.2) is 8.42 Å². The summed E-state index contributed by atoms with van der Waals surface area (Å²) in [6.07, 6.45) is 0. The molecule has 2 heterocycles. The molecular formula is C17H16N2O5S. The van der Waals surface area contributed by atoms with Crippen molar-refractivity contribution < 1.29 is 22.7 Å². The summed E-state index contributed by atoms with van der Waals surface area (Å²) in [4.78, 5) is 11.7. The second-order valence-electron chi connectivity index (χ2n) is 5.84. The van der Waals surface area contributed by atoms with Crippen molar-refractivity contribution in [2.75, 3.05) is 29.4 Å². The molecular weight excluding hydrogens is 344 g/mol. The Kier molecular flexibility index (Phi) is 3.57. The minimum absolute atomic E-state index is 0.0740. The number of anilines is 2. The number of benzene rings is 2. The predicted octanol–water partition coefficient (Wildman–Crippen LogP) is 1.91. The fraction of sp³-hybridized carbons (Fsp3) is 0.235. The van der Waals surface area contributed by atoms with Gasteiger partial charge in [-0.05, 0) is 36.8 Å². The Morgan fingerprint density at radius 1 is 1.12 bits per heavy atom. The van der Waals surface area contributed by atoms with Gasteiger partial charge in [-0.2, -0.15) is 0 Å². The van der Waals surface area contributed by atoms with E-state index in [1.54, 1.807) is 37.3 Å². The molecule has 0 radical (unpaired) electrons. The highest BCUT2D eigenvalue weighted by molar-refractivity contribution is 7.93. The van der Waals surface area contributed by atoms with Gasteiger partial charge in [0.1, 0.15) is 18.1 Å². The van der Waals surface area contributed by atoms with Crippen LogP contribution in [0.1, 0.15) is 5.56 Å². The SMILES string of the molecule is Cc1cc2c(cc1S(=O)(=O)N1CCOc3ccccc31)NC(=O)CO2. The minimum Gasteiger partial charge on any atom is -0.489 e. The molecule has 2 aliphatic rings. The van der Waals surface area contributed by atoms with Crippen LogP contribution in [-0.2, 0) is 14.8 Å². The number of ether oxygens (including phenoxy) is 2. The van der Waals surface area contributed by atoms with Crippen molar-refractivity contribution in [3.63, 3.8) is 0 Å². The maximum absolute atomic E-state index is 13.3. The number of carbonyl (C=O) groups excluding carboxylic acids is 1. The van der Waals surface area contributed by atoms with Crippen molar-refractivity contribution in [1.82, 2.24) is 0 Å². The zero-order valence-electron chi connectivity index (χ0n) is 13.5. The van der Waals surface area contributed by atoms with Crippen LogP contribution in [0.15, 0.2) is 41.3 Å². The van der Waals surface area contributed by atoms with Crippen LogP contribution in [0.2, 0.25) is 0 Å². The molecule has 0 aromatic heterocycles. The highest BCUT2D eigenvalue weighted by atomic mass is 32.2. The van der Waals surface area contributed by atoms with Crippen molar-refractivity contribution in [2.45, 2.75) is 11.8 Å². The summed E-state index contributed by atoms with van der Waals surface area (Å²) in [5.74, 6) is 0.694. The van der Waals surface area contributed by atoms with Crippen LogP contribution in [-0.4, -0.2) is 34.1 Å². The molecule has 0 aliphatic carbocycles. The first-order chi connectivity index (χ1) is 12.0. The molecule has 8 heteroatoms. The zero-order valence-corrected chi connectivity index (χ0v) is 14.3. The van der Waals surface area contributed by atoms with E-state index in [1.165, 1.54) is 10.4 Å². The number of para-hydroxylation sites is 2. The lowest BCUT2D eigenvalue weighted by Gasteiger charge is -2.31. The van der Waals surface area contributed by atoms with E-state index >= 15 is 0 Å². The summed E-state index contributed by atoms with van der Waals surface area (Å²) in [5.41, 5.74) is 1.42. The number of rotatable bonds is 2. The van der Waals surface area contributed by atoms with Crippen LogP contribution in [0.4, 0.5) is 11.4 Å². The van der Waals surface area contributed by atoms with Gasteiger partial charge < -0.3 is 14.8 Å². The molecule has 0 fully saturated rings. The lowest BCUT2D eigenvalue weighted by molar-refractivity contribution is -0.118. The second-order valence-corrected chi connectivity index (χ2v) is 7.67. The highest BCUT2D eigenvalue weighted by Gasteiger charge is 2.32. The van der Waals surface area contributed by atoms with E-state index < -0.39 is 10.0 Å². The average molecular weight is 360 g/mol. The number of carbonyl (C=O) groups is 1. The van der Waals surface area contributed by atoms with Crippen molar-refractivity contribution in [3.8, 4) is 11.5 Å². The van der Waals surface area contributed by atoms with E-state index in [0.717, 1.165) is 0 Å². The molecule has 0 saturated carbocycles. The second kappa shape index (κ2) is 5.66. The fourth-order valence-corrected chi connectivity index (χ4v) is 4.69. The van der Waals surface area contributed by atoms with Crippen molar-refractivity contribution in [1.29, 1.82) is 0 Å². The number of nitrogens with zero attached hydrogens (tertiary/aromatic N) is 1. The van der Waals surface area contributed by atoms with Gasteiger partial charge in [-0.3, -0.25) is 9.10 Å². The van der Waals surface area contributed by atoms with Crippen LogP contribution in [0.5, 0.6) is 11.5 Å². The van der Waals surface area contributed by atoms with E-state index in [4.69, 9.17) is 9.47 Å². The normalized spacial score (nSPS) is 16.2. The Bertz CT molecular complexity index is 971. The van der Waals surface area contributed by atoms with Gasteiger partial charge >= 0.3 is 0 Å². The summed E-state index contributed by atoms with van der Waals surface area (Å²) in [6, 6.07) is 10.1. The van der Waals surface area contributed by atoms with Gasteiger partial charge in [0.2, 0.25) is 0 Å². The maximum atomic E-state index is 13.3. The Morgan fingerprint density at radius 3 is 2.76 bits per heavy atom. The lowest BCUT2D eigenvalue weighted by atomic mass is 10.2. The summed E-state index contributed by atoms with van der Waals surface area (Å²) in [7, 11) is -3.81. The third kappa shape index (κ3) is 2.58. The molecule has 7 nitrogen and oxygen atoms in total. The quantitative estimate of drug-likeness (QED) is 0.884. The van der Waals surface area contributed by atoms with Gasteiger partial charge in [-0.15, -0.1) is 0 Å². The molecule has 1 amide bonds. The summed E-state index contributed by atoms with van der Waals surface area (Å²) in [6.45, 7) is 2.13. The summed E-state index contributed by atoms with van der Waals surface area (Å²) in [5, 5.41) is 2.65. The molecule has 2 aromatic carbocycles. The fourth-order valence-electron chi connectivity index (χ4n) is 3.00. The molecule has 0 atom stereocenters. The Hall–Kier alpha value is -2.74. The van der Waals surface area contributed by atoms with Crippen molar-refractivity contribution in [3.05, 3.63) is 42.0 Å². The Balaban J connectivity index is 1.82. The maximum Gasteiger partial charge on any atom is 0.264 e. The Labute approximate surface area is 145 Å². The molecule has 2 aliphatic heterocycles. The first kappa shape index (κ1) is 15.8. The molecule has 25 heavy (non-hydrogen) atoms. The van der Waals surface area contributed by atoms with Crippen LogP contribution in [0.3, 0.4) is 0 Å². The van der Waals surface area contributed by atoms with E-state index in [-0.39, 0.29) is 30.6 Å². The lowest BCUT2D eigenvalue weighted by Crippen LogP contribution is -2.38. The first-order valence-electron chi connectivity index (χ1n) is 7.79. The smallest absolute Gasteiger partial charge is 0.264 e. The van der Waals surface area contributed by atoms with Crippen molar-refractivity contribution in [2.24, 2.45) is 0 Å². The third-order valence-corrected chi connectivity index (χ3v) is 6.12. The largest absolute Gasteiger partial charge is 0.489 e. The van der Waals surface area contributed by atoms with Gasteiger partial charge in [0.25, 0.3) is 15.9 Å². The number of hydrogen-bond acceptors (Lipinski definition) is 5. The molecule has 4 rings (SSSR count). The van der Waals surface area contributed by atoms with Crippen LogP contribution in [0, 0.1) is 6.92 Å². The molecule has 0 unspecified atom stereocenters. The minimum atomic E-state index is -3.81. The monoisotopic (exact) mass is 360 g/mol. The summed E-state index contributed by atoms with van der Waals surface area (Å²) >= 11 is 0. The number of amides is 1. The molecule has 0 saturated heterocycles. The Morgan fingerprint density at radius 2 is 1.92 bits per heavy atom. The van der Waals surface area contributed by atoms with E-state index in [1.807, 2.05) is 0 Å². The standard InChI is InChI=1S/C17H16N2O5S/c1-11-8-15-12(18-17(20)10-24-15)9-16(11)25(21,22)19-6-7-23-14-5-3-2-4-13(14)19/h2-5,8-9H,6-7,10H2,1H3,(H,18,20). The van der Waals surface area contributed by atoms with Crippen LogP contribution < -0.4 is 19.1 Å². The molecule has 130 valence electrons.